The molecular weight excluding hydrogens is 242 g/mol. The summed E-state index contributed by atoms with van der Waals surface area (Å²) in [6, 6.07) is 0.699. The molecule has 1 heterocycles. The number of aromatic nitrogens is 3. The van der Waals surface area contributed by atoms with Crippen molar-refractivity contribution in [3.8, 4) is 6.01 Å². The van der Waals surface area contributed by atoms with E-state index in [1.807, 2.05) is 13.8 Å². The third-order valence-electron chi connectivity index (χ3n) is 2.51. The zero-order valence-electron chi connectivity index (χ0n) is 12.8. The van der Waals surface area contributed by atoms with Crippen molar-refractivity contribution in [1.29, 1.82) is 0 Å². The highest BCUT2D eigenvalue weighted by molar-refractivity contribution is 5.38. The molecule has 0 saturated heterocycles. The summed E-state index contributed by atoms with van der Waals surface area (Å²) in [5.41, 5.74) is 0. The van der Waals surface area contributed by atoms with E-state index < -0.39 is 0 Å². The summed E-state index contributed by atoms with van der Waals surface area (Å²) >= 11 is 0. The molecule has 0 aromatic carbocycles. The minimum absolute atomic E-state index is 0.0404. The molecule has 19 heavy (non-hydrogen) atoms. The molecule has 0 unspecified atom stereocenters. The van der Waals surface area contributed by atoms with Crippen LogP contribution in [0, 0.1) is 0 Å². The molecule has 0 aliphatic heterocycles. The lowest BCUT2D eigenvalue weighted by Gasteiger charge is -2.26. The van der Waals surface area contributed by atoms with Crippen molar-refractivity contribution in [2.24, 2.45) is 0 Å². The molecule has 0 atom stereocenters. The van der Waals surface area contributed by atoms with Crippen molar-refractivity contribution in [2.45, 2.75) is 53.2 Å². The Balaban J connectivity index is 3.09. The van der Waals surface area contributed by atoms with E-state index in [0.717, 1.165) is 13.0 Å². The van der Waals surface area contributed by atoms with Gasteiger partial charge in [-0.3, -0.25) is 0 Å². The van der Waals surface area contributed by atoms with Gasteiger partial charge in [-0.15, -0.1) is 0 Å². The zero-order valence-corrected chi connectivity index (χ0v) is 12.8. The van der Waals surface area contributed by atoms with E-state index in [2.05, 4.69) is 45.9 Å². The van der Waals surface area contributed by atoms with Crippen LogP contribution in [0.25, 0.3) is 0 Å². The molecule has 1 aromatic heterocycles. The quantitative estimate of drug-likeness (QED) is 0.818. The van der Waals surface area contributed by atoms with Crippen LogP contribution in [-0.2, 0) is 0 Å². The maximum absolute atomic E-state index is 5.58. The van der Waals surface area contributed by atoms with Crippen LogP contribution >= 0.6 is 0 Å². The standard InChI is InChI=1S/C13H25N5O/c1-7-8-18(9(2)3)12-15-11(14-6)16-13(17-12)19-10(4)5/h9-10H,7-8H2,1-6H3,(H,14,15,16,17). The van der Waals surface area contributed by atoms with Gasteiger partial charge in [0.2, 0.25) is 11.9 Å². The van der Waals surface area contributed by atoms with E-state index in [-0.39, 0.29) is 6.10 Å². The lowest BCUT2D eigenvalue weighted by molar-refractivity contribution is 0.222. The molecule has 0 radical (unpaired) electrons. The second kappa shape index (κ2) is 7.11. The first-order chi connectivity index (χ1) is 8.97. The molecule has 1 aromatic rings. The highest BCUT2D eigenvalue weighted by Gasteiger charge is 2.16. The van der Waals surface area contributed by atoms with Crippen LogP contribution in [0.15, 0.2) is 0 Å². The predicted octanol–water partition coefficient (Wildman–Crippen LogP) is 2.33. The van der Waals surface area contributed by atoms with E-state index >= 15 is 0 Å². The average molecular weight is 267 g/mol. The summed E-state index contributed by atoms with van der Waals surface area (Å²) in [7, 11) is 1.79. The summed E-state index contributed by atoms with van der Waals surface area (Å²) in [6.45, 7) is 11.2. The van der Waals surface area contributed by atoms with Crippen molar-refractivity contribution >= 4 is 11.9 Å². The molecule has 108 valence electrons. The van der Waals surface area contributed by atoms with Crippen molar-refractivity contribution in [1.82, 2.24) is 15.0 Å². The summed E-state index contributed by atoms with van der Waals surface area (Å²) < 4.78 is 5.58. The molecule has 6 nitrogen and oxygen atoms in total. The zero-order chi connectivity index (χ0) is 14.4. The average Bonchev–Trinajstić information content (AvgIpc) is 2.34. The second-order valence-electron chi connectivity index (χ2n) is 4.95. The first-order valence-electron chi connectivity index (χ1n) is 6.85. The Morgan fingerprint density at radius 3 is 2.32 bits per heavy atom. The number of nitrogens with one attached hydrogen (secondary N) is 1. The van der Waals surface area contributed by atoms with Crippen LogP contribution < -0.4 is 15.0 Å². The second-order valence-corrected chi connectivity index (χ2v) is 4.95. The number of rotatable bonds is 7. The molecule has 0 spiro atoms. The van der Waals surface area contributed by atoms with Gasteiger partial charge < -0.3 is 15.0 Å². The predicted molar refractivity (Wildman–Crippen MR) is 77.9 cm³/mol. The third kappa shape index (κ3) is 4.54. The highest BCUT2D eigenvalue weighted by Crippen LogP contribution is 2.18. The highest BCUT2D eigenvalue weighted by atomic mass is 16.5. The van der Waals surface area contributed by atoms with Crippen LogP contribution in [0.4, 0.5) is 11.9 Å². The van der Waals surface area contributed by atoms with Gasteiger partial charge in [0.15, 0.2) is 0 Å². The van der Waals surface area contributed by atoms with Crippen molar-refractivity contribution in [3.05, 3.63) is 0 Å². The van der Waals surface area contributed by atoms with Gasteiger partial charge in [-0.05, 0) is 34.1 Å². The first kappa shape index (κ1) is 15.5. The molecule has 1 N–H and O–H groups in total. The van der Waals surface area contributed by atoms with Gasteiger partial charge in [0.25, 0.3) is 0 Å². The van der Waals surface area contributed by atoms with E-state index in [1.54, 1.807) is 7.05 Å². The Hall–Kier alpha value is -1.59. The first-order valence-corrected chi connectivity index (χ1v) is 6.85. The molecule has 6 heteroatoms. The minimum Gasteiger partial charge on any atom is -0.461 e. The SMILES string of the molecule is CCCN(c1nc(NC)nc(OC(C)C)n1)C(C)C. The van der Waals surface area contributed by atoms with E-state index in [4.69, 9.17) is 4.74 Å². The third-order valence-corrected chi connectivity index (χ3v) is 2.51. The van der Waals surface area contributed by atoms with Crippen molar-refractivity contribution in [3.63, 3.8) is 0 Å². The van der Waals surface area contributed by atoms with Crippen LogP contribution in [0.2, 0.25) is 0 Å². The topological polar surface area (TPSA) is 63.2 Å². The molecule has 0 amide bonds. The number of hydrogen-bond acceptors (Lipinski definition) is 6. The number of hydrogen-bond donors (Lipinski definition) is 1. The number of nitrogens with zero attached hydrogens (tertiary/aromatic N) is 4. The van der Waals surface area contributed by atoms with Gasteiger partial charge in [-0.25, -0.2) is 0 Å². The maximum atomic E-state index is 5.58. The molecule has 1 rings (SSSR count). The monoisotopic (exact) mass is 267 g/mol. The lowest BCUT2D eigenvalue weighted by atomic mass is 10.3. The van der Waals surface area contributed by atoms with Crippen LogP contribution in [0.5, 0.6) is 6.01 Å². The van der Waals surface area contributed by atoms with Crippen LogP contribution in [0.3, 0.4) is 0 Å². The Labute approximate surface area is 115 Å². The fourth-order valence-corrected chi connectivity index (χ4v) is 1.68. The van der Waals surface area contributed by atoms with Crippen molar-refractivity contribution < 1.29 is 4.74 Å². The van der Waals surface area contributed by atoms with Gasteiger partial charge >= 0.3 is 6.01 Å². The molecule has 0 bridgehead atoms. The molecule has 0 aliphatic rings. The fourth-order valence-electron chi connectivity index (χ4n) is 1.68. The fraction of sp³-hybridized carbons (Fsp3) is 0.769. The van der Waals surface area contributed by atoms with Gasteiger partial charge in [0, 0.05) is 19.6 Å². The van der Waals surface area contributed by atoms with Gasteiger partial charge in [-0.1, -0.05) is 6.92 Å². The minimum atomic E-state index is 0.0404. The smallest absolute Gasteiger partial charge is 0.323 e. The summed E-state index contributed by atoms with van der Waals surface area (Å²) in [6.07, 6.45) is 1.08. The molecule has 0 saturated carbocycles. The number of anilines is 2. The van der Waals surface area contributed by atoms with E-state index in [0.29, 0.717) is 23.9 Å². The van der Waals surface area contributed by atoms with E-state index in [1.165, 1.54) is 0 Å². The Bertz CT molecular complexity index is 395. The Morgan fingerprint density at radius 1 is 1.16 bits per heavy atom. The van der Waals surface area contributed by atoms with Gasteiger partial charge in [0.1, 0.15) is 0 Å². The molecule has 0 fully saturated rings. The van der Waals surface area contributed by atoms with Crippen molar-refractivity contribution in [2.75, 3.05) is 23.8 Å². The van der Waals surface area contributed by atoms with Crippen LogP contribution in [0.1, 0.15) is 41.0 Å². The molecular formula is C13H25N5O. The Kier molecular flexibility index (Phi) is 5.79. The summed E-state index contributed by atoms with van der Waals surface area (Å²) in [4.78, 5) is 15.2. The Morgan fingerprint density at radius 2 is 1.84 bits per heavy atom. The van der Waals surface area contributed by atoms with Gasteiger partial charge in [-0.2, -0.15) is 15.0 Å². The summed E-state index contributed by atoms with van der Waals surface area (Å²) in [5.74, 6) is 1.19. The van der Waals surface area contributed by atoms with E-state index in [9.17, 15) is 0 Å². The maximum Gasteiger partial charge on any atom is 0.323 e. The lowest BCUT2D eigenvalue weighted by Crippen LogP contribution is -2.33. The summed E-state index contributed by atoms with van der Waals surface area (Å²) in [5, 5.41) is 2.95. The van der Waals surface area contributed by atoms with Crippen LogP contribution in [-0.4, -0.2) is 40.7 Å². The van der Waals surface area contributed by atoms with Gasteiger partial charge in [0.05, 0.1) is 6.10 Å². The normalized spacial score (nSPS) is 10.9. The largest absolute Gasteiger partial charge is 0.461 e. The molecule has 0 aliphatic carbocycles. The number of ether oxygens (including phenoxy) is 1.